The number of ether oxygens (including phenoxy) is 1. The molecular formula is C21H21N3O3S. The van der Waals surface area contributed by atoms with Crippen molar-refractivity contribution < 1.29 is 14.3 Å². The molecule has 6 nitrogen and oxygen atoms in total. The number of ketones is 1. The van der Waals surface area contributed by atoms with Gasteiger partial charge in [-0.2, -0.15) is 0 Å². The highest BCUT2D eigenvalue weighted by Crippen LogP contribution is 2.18. The zero-order valence-corrected chi connectivity index (χ0v) is 16.4. The Hall–Kier alpha value is -3.06. The first-order valence-electron chi connectivity index (χ1n) is 9.00. The highest BCUT2D eigenvalue weighted by Gasteiger charge is 2.12. The number of nitrogens with one attached hydrogen (secondary N) is 1. The maximum atomic E-state index is 12.0. The molecule has 1 amide bonds. The van der Waals surface area contributed by atoms with E-state index in [9.17, 15) is 9.59 Å². The molecule has 2 aromatic carbocycles. The van der Waals surface area contributed by atoms with Gasteiger partial charge in [-0.25, -0.2) is 0 Å². The Morgan fingerprint density at radius 1 is 1.04 bits per heavy atom. The Balaban J connectivity index is 1.41. The van der Waals surface area contributed by atoms with Gasteiger partial charge in [-0.1, -0.05) is 53.8 Å². The van der Waals surface area contributed by atoms with E-state index in [0.29, 0.717) is 23.7 Å². The molecule has 0 radical (unpaired) electrons. The normalized spacial score (nSPS) is 10.5. The monoisotopic (exact) mass is 395 g/mol. The molecule has 144 valence electrons. The lowest BCUT2D eigenvalue weighted by molar-refractivity contribution is -0.116. The van der Waals surface area contributed by atoms with Gasteiger partial charge in [0.05, 0.1) is 6.61 Å². The SMILES string of the molecule is Cc1cccc(OCCc2nnc(NC(=O)CCC(=O)c3ccccc3)s2)c1. The molecule has 1 aromatic heterocycles. The second kappa shape index (κ2) is 9.75. The van der Waals surface area contributed by atoms with Crippen LogP contribution in [0.3, 0.4) is 0 Å². The van der Waals surface area contributed by atoms with E-state index in [1.54, 1.807) is 24.3 Å². The first-order chi connectivity index (χ1) is 13.6. The predicted molar refractivity (Wildman–Crippen MR) is 109 cm³/mol. The van der Waals surface area contributed by atoms with Crippen LogP contribution in [-0.4, -0.2) is 28.5 Å². The Kier molecular flexibility index (Phi) is 6.86. The van der Waals surface area contributed by atoms with E-state index in [1.165, 1.54) is 11.3 Å². The van der Waals surface area contributed by atoms with Gasteiger partial charge in [0.2, 0.25) is 11.0 Å². The largest absolute Gasteiger partial charge is 0.493 e. The molecule has 0 bridgehead atoms. The van der Waals surface area contributed by atoms with Crippen LogP contribution in [0.15, 0.2) is 54.6 Å². The molecule has 0 aliphatic carbocycles. The quantitative estimate of drug-likeness (QED) is 0.552. The third-order valence-electron chi connectivity index (χ3n) is 3.96. The highest BCUT2D eigenvalue weighted by molar-refractivity contribution is 7.15. The molecule has 28 heavy (non-hydrogen) atoms. The van der Waals surface area contributed by atoms with Crippen LogP contribution in [0.5, 0.6) is 5.75 Å². The number of benzene rings is 2. The maximum absolute atomic E-state index is 12.0. The van der Waals surface area contributed by atoms with Crippen LogP contribution >= 0.6 is 11.3 Å². The number of anilines is 1. The summed E-state index contributed by atoms with van der Waals surface area (Å²) in [6.45, 7) is 2.50. The van der Waals surface area contributed by atoms with Crippen LogP contribution in [0.2, 0.25) is 0 Å². The number of nitrogens with zero attached hydrogens (tertiary/aromatic N) is 2. The molecule has 3 rings (SSSR count). The van der Waals surface area contributed by atoms with Gasteiger partial charge < -0.3 is 10.1 Å². The van der Waals surface area contributed by atoms with Gasteiger partial charge in [-0.05, 0) is 24.6 Å². The molecule has 0 saturated carbocycles. The van der Waals surface area contributed by atoms with E-state index in [1.807, 2.05) is 37.3 Å². The van der Waals surface area contributed by atoms with Crippen LogP contribution in [0, 0.1) is 6.92 Å². The molecule has 0 aliphatic heterocycles. The third-order valence-corrected chi connectivity index (χ3v) is 4.86. The average Bonchev–Trinajstić information content (AvgIpc) is 3.14. The lowest BCUT2D eigenvalue weighted by atomic mass is 10.1. The fourth-order valence-corrected chi connectivity index (χ4v) is 3.28. The van der Waals surface area contributed by atoms with Crippen molar-refractivity contribution in [1.29, 1.82) is 0 Å². The topological polar surface area (TPSA) is 81.2 Å². The number of hydrogen-bond donors (Lipinski definition) is 1. The average molecular weight is 395 g/mol. The summed E-state index contributed by atoms with van der Waals surface area (Å²) < 4.78 is 5.70. The Morgan fingerprint density at radius 2 is 1.86 bits per heavy atom. The fourth-order valence-electron chi connectivity index (χ4n) is 2.54. The summed E-state index contributed by atoms with van der Waals surface area (Å²) in [7, 11) is 0. The Bertz CT molecular complexity index is 941. The van der Waals surface area contributed by atoms with Crippen LogP contribution in [0.1, 0.15) is 33.8 Å². The lowest BCUT2D eigenvalue weighted by Gasteiger charge is -2.04. The second-order valence-corrected chi connectivity index (χ2v) is 7.32. The van der Waals surface area contributed by atoms with Gasteiger partial charge in [0, 0.05) is 24.8 Å². The summed E-state index contributed by atoms with van der Waals surface area (Å²) >= 11 is 1.31. The smallest absolute Gasteiger partial charge is 0.226 e. The van der Waals surface area contributed by atoms with Crippen molar-refractivity contribution in [1.82, 2.24) is 10.2 Å². The first-order valence-corrected chi connectivity index (χ1v) is 9.82. The van der Waals surface area contributed by atoms with Crippen LogP contribution < -0.4 is 10.1 Å². The third kappa shape index (κ3) is 5.99. The number of Topliss-reactive ketones (excluding diaryl/α,β-unsaturated/α-hetero) is 1. The number of aromatic nitrogens is 2. The molecule has 1 N–H and O–H groups in total. The van der Waals surface area contributed by atoms with E-state index in [0.717, 1.165) is 16.3 Å². The Morgan fingerprint density at radius 3 is 2.64 bits per heavy atom. The van der Waals surface area contributed by atoms with Crippen LogP contribution in [0.25, 0.3) is 0 Å². The van der Waals surface area contributed by atoms with Crippen molar-refractivity contribution in [2.24, 2.45) is 0 Å². The van der Waals surface area contributed by atoms with E-state index < -0.39 is 0 Å². The molecule has 0 aliphatic rings. The second-order valence-electron chi connectivity index (χ2n) is 6.25. The summed E-state index contributed by atoms with van der Waals surface area (Å²) in [5.74, 6) is 0.520. The molecule has 3 aromatic rings. The summed E-state index contributed by atoms with van der Waals surface area (Å²) in [5, 5.41) is 12.0. The van der Waals surface area contributed by atoms with Crippen LogP contribution in [0.4, 0.5) is 5.13 Å². The van der Waals surface area contributed by atoms with Gasteiger partial charge >= 0.3 is 0 Å². The van der Waals surface area contributed by atoms with E-state index in [4.69, 9.17) is 4.74 Å². The predicted octanol–water partition coefficient (Wildman–Crippen LogP) is 4.07. The number of carbonyl (C=O) groups is 2. The molecule has 1 heterocycles. The van der Waals surface area contributed by atoms with Gasteiger partial charge in [0.1, 0.15) is 10.8 Å². The summed E-state index contributed by atoms with van der Waals surface area (Å²) in [4.78, 5) is 24.1. The van der Waals surface area contributed by atoms with E-state index in [-0.39, 0.29) is 24.5 Å². The molecule has 0 atom stereocenters. The first kappa shape index (κ1) is 19.7. The zero-order chi connectivity index (χ0) is 19.8. The zero-order valence-electron chi connectivity index (χ0n) is 15.6. The maximum Gasteiger partial charge on any atom is 0.226 e. The standard InChI is InChI=1S/C21H21N3O3S/c1-15-6-5-9-17(14-15)27-13-12-20-23-24-21(28-20)22-19(26)11-10-18(25)16-7-3-2-4-8-16/h2-9,14H,10-13H2,1H3,(H,22,24,26). The minimum atomic E-state index is -0.247. The molecular weight excluding hydrogens is 374 g/mol. The minimum absolute atomic E-state index is 0.0537. The number of rotatable bonds is 9. The lowest BCUT2D eigenvalue weighted by Crippen LogP contribution is -2.13. The summed E-state index contributed by atoms with van der Waals surface area (Å²) in [6, 6.07) is 16.8. The van der Waals surface area contributed by atoms with E-state index in [2.05, 4.69) is 15.5 Å². The summed E-state index contributed by atoms with van der Waals surface area (Å²) in [5.41, 5.74) is 1.76. The molecule has 0 saturated heterocycles. The van der Waals surface area contributed by atoms with Gasteiger partial charge in [-0.15, -0.1) is 10.2 Å². The number of carbonyl (C=O) groups excluding carboxylic acids is 2. The van der Waals surface area contributed by atoms with Crippen molar-refractivity contribution in [2.45, 2.75) is 26.2 Å². The van der Waals surface area contributed by atoms with Gasteiger partial charge in [0.25, 0.3) is 0 Å². The molecule has 7 heteroatoms. The van der Waals surface area contributed by atoms with Crippen molar-refractivity contribution in [3.63, 3.8) is 0 Å². The fraction of sp³-hybridized carbons (Fsp3) is 0.238. The van der Waals surface area contributed by atoms with Crippen molar-refractivity contribution in [2.75, 3.05) is 11.9 Å². The van der Waals surface area contributed by atoms with Gasteiger partial charge in [0.15, 0.2) is 5.78 Å². The highest BCUT2D eigenvalue weighted by atomic mass is 32.1. The minimum Gasteiger partial charge on any atom is -0.493 e. The number of aryl methyl sites for hydroxylation is 1. The van der Waals surface area contributed by atoms with Gasteiger partial charge in [-0.3, -0.25) is 9.59 Å². The molecule has 0 fully saturated rings. The van der Waals surface area contributed by atoms with E-state index >= 15 is 0 Å². The molecule has 0 unspecified atom stereocenters. The van der Waals surface area contributed by atoms with Crippen molar-refractivity contribution >= 4 is 28.2 Å². The molecule has 0 spiro atoms. The Labute approximate surface area is 167 Å². The van der Waals surface area contributed by atoms with Crippen molar-refractivity contribution in [3.8, 4) is 5.75 Å². The van der Waals surface area contributed by atoms with Crippen molar-refractivity contribution in [3.05, 3.63) is 70.7 Å². The van der Waals surface area contributed by atoms with Crippen LogP contribution in [-0.2, 0) is 11.2 Å². The number of hydrogen-bond acceptors (Lipinski definition) is 6. The summed E-state index contributed by atoms with van der Waals surface area (Å²) in [6.07, 6.45) is 0.874. The number of amides is 1.